The summed E-state index contributed by atoms with van der Waals surface area (Å²) < 4.78 is 10.8. The van der Waals surface area contributed by atoms with Gasteiger partial charge >= 0.3 is 0 Å². The largest absolute Gasteiger partial charge is 0.469 e. The molecule has 0 aliphatic heterocycles. The zero-order valence-electron chi connectivity index (χ0n) is 13.1. The number of rotatable bonds is 5. The normalized spacial score (nSPS) is 10.9. The second-order valence-electron chi connectivity index (χ2n) is 5.29. The molecule has 0 radical (unpaired) electrons. The van der Waals surface area contributed by atoms with Crippen molar-refractivity contribution in [2.75, 3.05) is 5.75 Å². The zero-order valence-corrected chi connectivity index (χ0v) is 13.9. The van der Waals surface area contributed by atoms with Gasteiger partial charge < -0.3 is 8.83 Å². The number of ketones is 1. The molecule has 0 amide bonds. The van der Waals surface area contributed by atoms with Crippen LogP contribution < -0.4 is 0 Å². The Balaban J connectivity index is 1.69. The van der Waals surface area contributed by atoms with Crippen molar-refractivity contribution in [3.8, 4) is 11.5 Å². The predicted octanol–water partition coefficient (Wildman–Crippen LogP) is 4.23. The number of nitrogens with zero attached hydrogens (tertiary/aromatic N) is 2. The Morgan fingerprint density at radius 3 is 2.74 bits per heavy atom. The van der Waals surface area contributed by atoms with Gasteiger partial charge in [0.05, 0.1) is 17.6 Å². The molecular formula is C17H16N2O3S. The van der Waals surface area contributed by atoms with Gasteiger partial charge in [-0.15, -0.1) is 10.2 Å². The molecule has 3 rings (SSSR count). The molecule has 0 fully saturated rings. The number of carbonyl (C=O) groups excluding carboxylic acids is 1. The minimum absolute atomic E-state index is 0.0513. The molecular weight excluding hydrogens is 312 g/mol. The third kappa shape index (κ3) is 3.37. The van der Waals surface area contributed by atoms with Crippen LogP contribution in [0.3, 0.4) is 0 Å². The van der Waals surface area contributed by atoms with Gasteiger partial charge in [-0.05, 0) is 38.5 Å². The van der Waals surface area contributed by atoms with Crippen LogP contribution >= 0.6 is 11.8 Å². The molecule has 3 aromatic rings. The number of furan rings is 1. The first kappa shape index (κ1) is 15.6. The van der Waals surface area contributed by atoms with Gasteiger partial charge in [0.25, 0.3) is 11.1 Å². The molecule has 0 N–H and O–H groups in total. The summed E-state index contributed by atoms with van der Waals surface area (Å²) in [6.45, 7) is 5.74. The number of hydrogen-bond acceptors (Lipinski definition) is 6. The predicted molar refractivity (Wildman–Crippen MR) is 87.7 cm³/mol. The van der Waals surface area contributed by atoms with E-state index in [9.17, 15) is 4.79 Å². The van der Waals surface area contributed by atoms with Crippen molar-refractivity contribution in [2.24, 2.45) is 0 Å². The Kier molecular flexibility index (Phi) is 4.34. The third-order valence-electron chi connectivity index (χ3n) is 3.52. The summed E-state index contributed by atoms with van der Waals surface area (Å²) >= 11 is 1.24. The molecule has 118 valence electrons. The number of thioether (sulfide) groups is 1. The van der Waals surface area contributed by atoms with E-state index in [1.807, 2.05) is 39.0 Å². The van der Waals surface area contributed by atoms with Crippen LogP contribution in [0.1, 0.15) is 27.2 Å². The number of aryl methyl sites for hydroxylation is 3. The summed E-state index contributed by atoms with van der Waals surface area (Å²) in [5, 5.41) is 8.34. The highest BCUT2D eigenvalue weighted by molar-refractivity contribution is 7.99. The van der Waals surface area contributed by atoms with Crippen LogP contribution in [0, 0.1) is 20.8 Å². The summed E-state index contributed by atoms with van der Waals surface area (Å²) in [5.41, 5.74) is 3.55. The maximum Gasteiger partial charge on any atom is 0.277 e. The highest BCUT2D eigenvalue weighted by Crippen LogP contribution is 2.26. The Morgan fingerprint density at radius 2 is 2.00 bits per heavy atom. The minimum atomic E-state index is 0.0513. The van der Waals surface area contributed by atoms with Crippen molar-refractivity contribution in [1.29, 1.82) is 0 Å². The van der Waals surface area contributed by atoms with Crippen LogP contribution in [0.4, 0.5) is 0 Å². The van der Waals surface area contributed by atoms with Gasteiger partial charge in [-0.3, -0.25) is 4.79 Å². The van der Waals surface area contributed by atoms with Crippen LogP contribution in [0.2, 0.25) is 0 Å². The van der Waals surface area contributed by atoms with E-state index in [4.69, 9.17) is 8.83 Å². The molecule has 0 saturated heterocycles. The average Bonchev–Trinajstić information content (AvgIpc) is 3.15. The monoisotopic (exact) mass is 328 g/mol. The van der Waals surface area contributed by atoms with E-state index >= 15 is 0 Å². The molecule has 0 aliphatic rings. The molecule has 0 bridgehead atoms. The Bertz CT molecular complexity index is 851. The molecule has 0 atom stereocenters. The van der Waals surface area contributed by atoms with E-state index in [0.717, 1.165) is 28.0 Å². The highest BCUT2D eigenvalue weighted by Gasteiger charge is 2.15. The summed E-state index contributed by atoms with van der Waals surface area (Å²) in [7, 11) is 0. The van der Waals surface area contributed by atoms with Crippen molar-refractivity contribution in [2.45, 2.75) is 26.0 Å². The highest BCUT2D eigenvalue weighted by atomic mass is 32.2. The number of benzene rings is 1. The lowest BCUT2D eigenvalue weighted by atomic mass is 10.0. The zero-order chi connectivity index (χ0) is 16.4. The van der Waals surface area contributed by atoms with Crippen LogP contribution in [-0.4, -0.2) is 21.7 Å². The second-order valence-corrected chi connectivity index (χ2v) is 6.22. The summed E-state index contributed by atoms with van der Waals surface area (Å²) in [4.78, 5) is 12.4. The minimum Gasteiger partial charge on any atom is -0.469 e. The lowest BCUT2D eigenvalue weighted by Crippen LogP contribution is -2.05. The summed E-state index contributed by atoms with van der Waals surface area (Å²) in [6.07, 6.45) is 1.58. The molecule has 2 aromatic heterocycles. The molecule has 0 saturated carbocycles. The van der Waals surface area contributed by atoms with Gasteiger partial charge in [0.15, 0.2) is 5.78 Å². The fraction of sp³-hybridized carbons (Fsp3) is 0.235. The first-order valence-electron chi connectivity index (χ1n) is 7.16. The summed E-state index contributed by atoms with van der Waals surface area (Å²) in [6, 6.07) is 7.64. The molecule has 0 aliphatic carbocycles. The van der Waals surface area contributed by atoms with Crippen LogP contribution in [0.15, 0.2) is 44.6 Å². The summed E-state index contributed by atoms with van der Waals surface area (Å²) in [5.74, 6) is 1.43. The smallest absolute Gasteiger partial charge is 0.277 e. The van der Waals surface area contributed by atoms with E-state index in [2.05, 4.69) is 10.2 Å². The Morgan fingerprint density at radius 1 is 1.17 bits per heavy atom. The lowest BCUT2D eigenvalue weighted by molar-refractivity contribution is 0.102. The number of Topliss-reactive ketones (excluding diaryl/α,β-unsaturated/α-hetero) is 1. The van der Waals surface area contributed by atoms with E-state index in [0.29, 0.717) is 11.1 Å². The van der Waals surface area contributed by atoms with Gasteiger partial charge in [-0.1, -0.05) is 29.5 Å². The SMILES string of the molecule is Cc1ccc(C)c(C(=O)CSc2nnc(-c3ccoc3C)o2)c1. The third-order valence-corrected chi connectivity index (χ3v) is 4.33. The quantitative estimate of drug-likeness (QED) is 0.515. The van der Waals surface area contributed by atoms with Crippen molar-refractivity contribution in [1.82, 2.24) is 10.2 Å². The number of aromatic nitrogens is 2. The Hall–Kier alpha value is -2.34. The van der Waals surface area contributed by atoms with E-state index in [-0.39, 0.29) is 11.5 Å². The van der Waals surface area contributed by atoms with Gasteiger partial charge in [0.1, 0.15) is 5.76 Å². The number of carbonyl (C=O) groups is 1. The van der Waals surface area contributed by atoms with Crippen molar-refractivity contribution in [3.05, 3.63) is 53.0 Å². The lowest BCUT2D eigenvalue weighted by Gasteiger charge is -2.04. The number of hydrogen-bond donors (Lipinski definition) is 0. The van der Waals surface area contributed by atoms with Gasteiger partial charge in [-0.2, -0.15) is 0 Å². The average molecular weight is 328 g/mol. The molecule has 23 heavy (non-hydrogen) atoms. The molecule has 1 aromatic carbocycles. The van der Waals surface area contributed by atoms with Crippen molar-refractivity contribution >= 4 is 17.5 Å². The van der Waals surface area contributed by atoms with Crippen LogP contribution in [0.25, 0.3) is 11.5 Å². The first-order valence-corrected chi connectivity index (χ1v) is 8.14. The maximum atomic E-state index is 12.4. The Labute approximate surface area is 138 Å². The fourth-order valence-corrected chi connectivity index (χ4v) is 2.87. The second kappa shape index (κ2) is 6.42. The molecule has 0 spiro atoms. The molecule has 0 unspecified atom stereocenters. The molecule has 2 heterocycles. The molecule has 6 heteroatoms. The topological polar surface area (TPSA) is 69.1 Å². The van der Waals surface area contributed by atoms with Gasteiger partial charge in [0, 0.05) is 5.56 Å². The fourth-order valence-electron chi connectivity index (χ4n) is 2.23. The van der Waals surface area contributed by atoms with Crippen LogP contribution in [0.5, 0.6) is 0 Å². The maximum absolute atomic E-state index is 12.4. The van der Waals surface area contributed by atoms with E-state index in [1.165, 1.54) is 11.8 Å². The van der Waals surface area contributed by atoms with Crippen molar-refractivity contribution < 1.29 is 13.6 Å². The van der Waals surface area contributed by atoms with Gasteiger partial charge in [0.2, 0.25) is 0 Å². The van der Waals surface area contributed by atoms with Gasteiger partial charge in [-0.25, -0.2) is 0 Å². The standard InChI is InChI=1S/C17H16N2O3S/c1-10-4-5-11(2)14(8-10)15(20)9-23-17-19-18-16(22-17)13-6-7-21-12(13)3/h4-8H,9H2,1-3H3. The van der Waals surface area contributed by atoms with Crippen molar-refractivity contribution in [3.63, 3.8) is 0 Å². The van der Waals surface area contributed by atoms with E-state index in [1.54, 1.807) is 12.3 Å². The first-order chi connectivity index (χ1) is 11.0. The molecule has 5 nitrogen and oxygen atoms in total. The van der Waals surface area contributed by atoms with Crippen LogP contribution in [-0.2, 0) is 0 Å². The van der Waals surface area contributed by atoms with E-state index < -0.39 is 0 Å².